The number of allylic oxidation sites excluding steroid dienone is 6. The monoisotopic (exact) mass is 882 g/mol. The molecule has 0 heterocycles. The van der Waals surface area contributed by atoms with Crippen molar-refractivity contribution in [2.45, 2.75) is 251 Å². The fourth-order valence-corrected chi connectivity index (χ4v) is 8.00. The summed E-state index contributed by atoms with van der Waals surface area (Å²) >= 11 is 0. The Balaban J connectivity index is 4.07. The van der Waals surface area contributed by atoms with Gasteiger partial charge in [-0.25, -0.2) is 4.57 Å². The van der Waals surface area contributed by atoms with Crippen LogP contribution in [0.2, 0.25) is 0 Å². The van der Waals surface area contributed by atoms with Gasteiger partial charge in [-0.05, 0) is 51.4 Å². The molecule has 0 spiro atoms. The minimum absolute atomic E-state index is 0.0517. The topological polar surface area (TPSA) is 134 Å². The summed E-state index contributed by atoms with van der Waals surface area (Å²) in [4.78, 5) is 35.0. The van der Waals surface area contributed by atoms with Crippen molar-refractivity contribution in [3.8, 4) is 0 Å². The van der Waals surface area contributed by atoms with Crippen LogP contribution in [0, 0.1) is 0 Å². The van der Waals surface area contributed by atoms with Crippen LogP contribution in [0.15, 0.2) is 36.5 Å². The molecule has 3 N–H and O–H groups in total. The average molecular weight is 882 g/mol. The molecule has 0 saturated carbocycles. The molecule has 358 valence electrons. The van der Waals surface area contributed by atoms with Crippen LogP contribution in [-0.4, -0.2) is 49.3 Å². The van der Waals surface area contributed by atoms with E-state index in [1.807, 2.05) is 0 Å². The second kappa shape index (κ2) is 47.7. The summed E-state index contributed by atoms with van der Waals surface area (Å²) in [6.07, 6.45) is 54.6. The molecular weight excluding hydrogens is 786 g/mol. The van der Waals surface area contributed by atoms with Gasteiger partial charge in [0.05, 0.1) is 13.2 Å². The quantitative estimate of drug-likeness (QED) is 0.0265. The summed E-state index contributed by atoms with van der Waals surface area (Å²) < 4.78 is 32.9. The van der Waals surface area contributed by atoms with Gasteiger partial charge in [0, 0.05) is 19.4 Å². The molecule has 2 unspecified atom stereocenters. The highest BCUT2D eigenvalue weighted by atomic mass is 31.2. The predicted molar refractivity (Wildman–Crippen MR) is 257 cm³/mol. The largest absolute Gasteiger partial charge is 0.472 e. The van der Waals surface area contributed by atoms with Crippen molar-refractivity contribution in [3.63, 3.8) is 0 Å². The zero-order chi connectivity index (χ0) is 44.6. The van der Waals surface area contributed by atoms with Gasteiger partial charge >= 0.3 is 19.8 Å². The summed E-state index contributed by atoms with van der Waals surface area (Å²) in [5, 5.41) is 0. The zero-order valence-electron chi connectivity index (χ0n) is 39.7. The Kier molecular flexibility index (Phi) is 46.3. The van der Waals surface area contributed by atoms with E-state index in [4.69, 9.17) is 24.3 Å². The summed E-state index contributed by atoms with van der Waals surface area (Å²) in [5.41, 5.74) is 5.37. The number of phosphoric ester groups is 1. The molecule has 0 aromatic heterocycles. The van der Waals surface area contributed by atoms with Crippen LogP contribution in [0.5, 0.6) is 0 Å². The van der Waals surface area contributed by atoms with Gasteiger partial charge in [0.1, 0.15) is 6.61 Å². The van der Waals surface area contributed by atoms with Crippen molar-refractivity contribution in [2.75, 3.05) is 26.4 Å². The van der Waals surface area contributed by atoms with E-state index >= 15 is 0 Å². The molecule has 0 aromatic rings. The van der Waals surface area contributed by atoms with Gasteiger partial charge in [-0.3, -0.25) is 18.6 Å². The smallest absolute Gasteiger partial charge is 0.462 e. The molecule has 0 radical (unpaired) electrons. The molecular formula is C51H96NO8P. The van der Waals surface area contributed by atoms with Gasteiger partial charge < -0.3 is 20.1 Å². The van der Waals surface area contributed by atoms with E-state index < -0.39 is 26.5 Å². The Morgan fingerprint density at radius 1 is 0.492 bits per heavy atom. The van der Waals surface area contributed by atoms with E-state index in [1.165, 1.54) is 141 Å². The van der Waals surface area contributed by atoms with Gasteiger partial charge in [-0.15, -0.1) is 0 Å². The van der Waals surface area contributed by atoms with Crippen LogP contribution in [0.4, 0.5) is 0 Å². The predicted octanol–water partition coefficient (Wildman–Crippen LogP) is 15.3. The molecule has 0 aromatic carbocycles. The maximum Gasteiger partial charge on any atom is 0.472 e. The molecule has 10 heteroatoms. The van der Waals surface area contributed by atoms with Crippen LogP contribution in [0.1, 0.15) is 245 Å². The Hall–Kier alpha value is -1.77. The van der Waals surface area contributed by atoms with Crippen molar-refractivity contribution >= 4 is 19.8 Å². The number of rotatable bonds is 48. The third-order valence-electron chi connectivity index (χ3n) is 11.0. The van der Waals surface area contributed by atoms with Crippen molar-refractivity contribution in [2.24, 2.45) is 5.73 Å². The van der Waals surface area contributed by atoms with Crippen LogP contribution in [-0.2, 0) is 32.7 Å². The molecule has 0 saturated heterocycles. The zero-order valence-corrected chi connectivity index (χ0v) is 40.5. The fourth-order valence-electron chi connectivity index (χ4n) is 7.23. The Morgan fingerprint density at radius 3 is 1.26 bits per heavy atom. The summed E-state index contributed by atoms with van der Waals surface area (Å²) in [6.45, 7) is 3.75. The third kappa shape index (κ3) is 47.5. The molecule has 0 bridgehead atoms. The lowest BCUT2D eigenvalue weighted by Gasteiger charge is -2.19. The first kappa shape index (κ1) is 59.2. The van der Waals surface area contributed by atoms with E-state index in [9.17, 15) is 19.0 Å². The second-order valence-electron chi connectivity index (χ2n) is 17.0. The van der Waals surface area contributed by atoms with Gasteiger partial charge in [0.25, 0.3) is 0 Å². The van der Waals surface area contributed by atoms with Gasteiger partial charge in [0.15, 0.2) is 6.10 Å². The van der Waals surface area contributed by atoms with Gasteiger partial charge in [-0.2, -0.15) is 0 Å². The summed E-state index contributed by atoms with van der Waals surface area (Å²) in [7, 11) is -4.38. The highest BCUT2D eigenvalue weighted by molar-refractivity contribution is 7.47. The molecule has 61 heavy (non-hydrogen) atoms. The van der Waals surface area contributed by atoms with Crippen molar-refractivity contribution in [3.05, 3.63) is 36.5 Å². The lowest BCUT2D eigenvalue weighted by atomic mass is 10.0. The first-order valence-electron chi connectivity index (χ1n) is 25.5. The van der Waals surface area contributed by atoms with Crippen LogP contribution < -0.4 is 5.73 Å². The lowest BCUT2D eigenvalue weighted by Crippen LogP contribution is -2.29. The van der Waals surface area contributed by atoms with E-state index in [0.29, 0.717) is 6.42 Å². The number of hydrogen-bond donors (Lipinski definition) is 2. The average Bonchev–Trinajstić information content (AvgIpc) is 3.25. The number of carbonyl (C=O) groups excluding carboxylic acids is 2. The molecule has 0 fully saturated rings. The number of nitrogens with two attached hydrogens (primary N) is 1. The fraction of sp³-hybridized carbons (Fsp3) is 0.843. The van der Waals surface area contributed by atoms with Crippen LogP contribution in [0.3, 0.4) is 0 Å². The minimum atomic E-state index is -4.38. The number of unbranched alkanes of at least 4 members (excludes halogenated alkanes) is 29. The molecule has 0 rings (SSSR count). The SMILES string of the molecule is CCCCCCC/C=C\C/C=C\C/C=C\CCCCCCCCC(=O)OC(COC(=O)CCCCCCCCCCCCCCCCCCCCC)COP(=O)(O)OCCN. The summed E-state index contributed by atoms with van der Waals surface area (Å²) in [5.74, 6) is -0.832. The standard InChI is InChI=1S/C51H96NO8P/c1-3-5-7-9-11-13-15-17-19-21-23-24-26-28-30-32-34-36-38-40-42-44-51(54)60-49(48-59-61(55,56)58-46-45-52)47-57-50(53)43-41-39-37-35-33-31-29-27-25-22-20-18-16-14-12-10-8-6-4-2/h15,17,21,23,26,28,49H,3-14,16,18-20,22,24-25,27,29-48,52H2,1-2H3,(H,55,56)/b17-15-,23-21-,28-26-. The van der Waals surface area contributed by atoms with E-state index in [0.717, 1.165) is 70.6 Å². The Bertz CT molecular complexity index is 1100. The molecule has 0 amide bonds. The lowest BCUT2D eigenvalue weighted by molar-refractivity contribution is -0.161. The van der Waals surface area contributed by atoms with Crippen molar-refractivity contribution in [1.82, 2.24) is 0 Å². The second-order valence-corrected chi connectivity index (χ2v) is 18.5. The van der Waals surface area contributed by atoms with E-state index in [-0.39, 0.29) is 38.6 Å². The molecule has 0 aliphatic rings. The number of esters is 2. The molecule has 0 aliphatic heterocycles. The number of phosphoric acid groups is 1. The number of carbonyl (C=O) groups is 2. The van der Waals surface area contributed by atoms with Gasteiger partial charge in [0.2, 0.25) is 0 Å². The molecule has 0 aliphatic carbocycles. The van der Waals surface area contributed by atoms with Gasteiger partial charge in [-0.1, -0.05) is 217 Å². The summed E-state index contributed by atoms with van der Waals surface area (Å²) in [6, 6.07) is 0. The highest BCUT2D eigenvalue weighted by Crippen LogP contribution is 2.43. The van der Waals surface area contributed by atoms with E-state index in [2.05, 4.69) is 50.3 Å². The minimum Gasteiger partial charge on any atom is -0.462 e. The number of ether oxygens (including phenoxy) is 2. The van der Waals surface area contributed by atoms with E-state index in [1.54, 1.807) is 0 Å². The normalized spacial score (nSPS) is 13.4. The maximum atomic E-state index is 12.6. The first-order chi connectivity index (χ1) is 29.8. The highest BCUT2D eigenvalue weighted by Gasteiger charge is 2.26. The van der Waals surface area contributed by atoms with Crippen LogP contribution >= 0.6 is 7.82 Å². The van der Waals surface area contributed by atoms with Crippen molar-refractivity contribution < 1.29 is 37.6 Å². The van der Waals surface area contributed by atoms with Crippen LogP contribution in [0.25, 0.3) is 0 Å². The number of hydrogen-bond acceptors (Lipinski definition) is 8. The Labute approximate surface area is 375 Å². The molecule has 2 atom stereocenters. The van der Waals surface area contributed by atoms with Crippen molar-refractivity contribution in [1.29, 1.82) is 0 Å². The maximum absolute atomic E-state index is 12.6. The third-order valence-corrected chi connectivity index (χ3v) is 12.0. The first-order valence-corrected chi connectivity index (χ1v) is 27.0. The molecule has 9 nitrogen and oxygen atoms in total. The Morgan fingerprint density at radius 2 is 0.852 bits per heavy atom.